The maximum absolute atomic E-state index is 11.4. The van der Waals surface area contributed by atoms with Crippen molar-refractivity contribution in [3.8, 4) is 0 Å². The zero-order valence-corrected chi connectivity index (χ0v) is 8.76. The molecule has 0 fully saturated rings. The second kappa shape index (κ2) is 5.86. The maximum atomic E-state index is 11.4. The van der Waals surface area contributed by atoms with Gasteiger partial charge >= 0.3 is 5.88 Å². The summed E-state index contributed by atoms with van der Waals surface area (Å²) in [7, 11) is 0. The first kappa shape index (κ1) is 12.2. The molecule has 7 heteroatoms. The first-order chi connectivity index (χ1) is 7.65. The van der Waals surface area contributed by atoms with Gasteiger partial charge in [-0.3, -0.25) is 14.9 Å². The number of carbonyl (C=O) groups is 1. The van der Waals surface area contributed by atoms with E-state index in [1.807, 2.05) is 6.92 Å². The number of nitrogens with zero attached hydrogens (tertiary/aromatic N) is 1. The summed E-state index contributed by atoms with van der Waals surface area (Å²) in [4.78, 5) is 21.0. The smallest absolute Gasteiger partial charge is 0.395 e. The fourth-order valence-corrected chi connectivity index (χ4v) is 1.02. The Morgan fingerprint density at radius 1 is 1.62 bits per heavy atom. The number of carbonyl (C=O) groups excluding carboxylic acids is 1. The highest BCUT2D eigenvalue weighted by atomic mass is 16.6. The number of rotatable bonds is 6. The monoisotopic (exact) mass is 228 g/mol. The molecule has 0 bridgehead atoms. The molecular formula is C9H12N2O5. The van der Waals surface area contributed by atoms with Gasteiger partial charge in [0.15, 0.2) is 5.76 Å². The van der Waals surface area contributed by atoms with Crippen molar-refractivity contribution in [1.82, 2.24) is 5.32 Å². The van der Waals surface area contributed by atoms with Gasteiger partial charge in [-0.2, -0.15) is 0 Å². The molecule has 0 saturated carbocycles. The van der Waals surface area contributed by atoms with Crippen molar-refractivity contribution in [2.24, 2.45) is 0 Å². The number of hydrogen-bond acceptors (Lipinski definition) is 5. The molecule has 0 radical (unpaired) electrons. The summed E-state index contributed by atoms with van der Waals surface area (Å²) in [5.41, 5.74) is 0. The van der Waals surface area contributed by atoms with Crippen LogP contribution in [0.25, 0.3) is 0 Å². The van der Waals surface area contributed by atoms with Crippen molar-refractivity contribution < 1.29 is 18.9 Å². The average molecular weight is 228 g/mol. The zero-order chi connectivity index (χ0) is 12.0. The minimum absolute atomic E-state index is 0.0804. The van der Waals surface area contributed by atoms with E-state index in [4.69, 9.17) is 9.15 Å². The summed E-state index contributed by atoms with van der Waals surface area (Å²) in [5, 5.41) is 12.8. The SMILES string of the molecule is CCOCCNC(=O)c1ccc([N+](=O)[O-])o1. The Labute approximate surface area is 91.5 Å². The van der Waals surface area contributed by atoms with Crippen LogP contribution in [-0.4, -0.2) is 30.6 Å². The van der Waals surface area contributed by atoms with E-state index in [-0.39, 0.29) is 5.76 Å². The van der Waals surface area contributed by atoms with E-state index >= 15 is 0 Å². The standard InChI is InChI=1S/C9H12N2O5/c1-2-15-6-5-10-9(12)7-3-4-8(16-7)11(13)14/h3-4H,2,5-6H2,1H3,(H,10,12). The van der Waals surface area contributed by atoms with Gasteiger partial charge in [0.2, 0.25) is 0 Å². The second-order valence-electron chi connectivity index (χ2n) is 2.85. The number of nitrogens with one attached hydrogen (secondary N) is 1. The Morgan fingerprint density at radius 2 is 2.38 bits per heavy atom. The van der Waals surface area contributed by atoms with E-state index in [1.54, 1.807) is 0 Å². The van der Waals surface area contributed by atoms with Crippen LogP contribution in [0.5, 0.6) is 0 Å². The summed E-state index contributed by atoms with van der Waals surface area (Å²) < 4.78 is 9.72. The fourth-order valence-electron chi connectivity index (χ4n) is 1.02. The molecule has 1 N–H and O–H groups in total. The number of furan rings is 1. The molecule has 1 heterocycles. The van der Waals surface area contributed by atoms with Crippen LogP contribution in [0.1, 0.15) is 17.5 Å². The minimum Gasteiger partial charge on any atom is -0.395 e. The predicted molar refractivity (Wildman–Crippen MR) is 54.2 cm³/mol. The molecule has 1 aromatic rings. The molecule has 0 atom stereocenters. The molecule has 16 heavy (non-hydrogen) atoms. The molecular weight excluding hydrogens is 216 g/mol. The third-order valence-electron chi connectivity index (χ3n) is 1.73. The third kappa shape index (κ3) is 3.35. The highest BCUT2D eigenvalue weighted by Gasteiger charge is 2.16. The normalized spacial score (nSPS) is 10.1. The molecule has 0 aliphatic rings. The summed E-state index contributed by atoms with van der Waals surface area (Å²) in [6, 6.07) is 2.39. The van der Waals surface area contributed by atoms with E-state index < -0.39 is 16.7 Å². The van der Waals surface area contributed by atoms with Gasteiger partial charge in [-0.15, -0.1) is 0 Å². The lowest BCUT2D eigenvalue weighted by Crippen LogP contribution is -2.26. The summed E-state index contributed by atoms with van der Waals surface area (Å²) >= 11 is 0. The Bertz CT molecular complexity index is 374. The molecule has 0 aliphatic heterocycles. The van der Waals surface area contributed by atoms with Crippen molar-refractivity contribution in [3.63, 3.8) is 0 Å². The molecule has 0 aromatic carbocycles. The predicted octanol–water partition coefficient (Wildman–Crippen LogP) is 0.954. The molecule has 7 nitrogen and oxygen atoms in total. The molecule has 0 spiro atoms. The highest BCUT2D eigenvalue weighted by Crippen LogP contribution is 2.15. The van der Waals surface area contributed by atoms with Crippen molar-refractivity contribution >= 4 is 11.8 Å². The van der Waals surface area contributed by atoms with Gasteiger partial charge in [0.05, 0.1) is 12.7 Å². The topological polar surface area (TPSA) is 94.6 Å². The van der Waals surface area contributed by atoms with E-state index in [0.717, 1.165) is 6.07 Å². The van der Waals surface area contributed by atoms with E-state index in [2.05, 4.69) is 5.32 Å². The number of hydrogen-bond donors (Lipinski definition) is 1. The molecule has 88 valence electrons. The number of amides is 1. The van der Waals surface area contributed by atoms with Crippen LogP contribution >= 0.6 is 0 Å². The Balaban J connectivity index is 2.43. The minimum atomic E-state index is -0.697. The maximum Gasteiger partial charge on any atom is 0.433 e. The van der Waals surface area contributed by atoms with Gasteiger partial charge in [-0.25, -0.2) is 0 Å². The molecule has 0 aliphatic carbocycles. The molecule has 1 aromatic heterocycles. The largest absolute Gasteiger partial charge is 0.433 e. The molecule has 1 amide bonds. The van der Waals surface area contributed by atoms with Gasteiger partial charge in [0.1, 0.15) is 4.92 Å². The van der Waals surface area contributed by atoms with E-state index in [0.29, 0.717) is 19.8 Å². The van der Waals surface area contributed by atoms with Crippen LogP contribution in [0.3, 0.4) is 0 Å². The van der Waals surface area contributed by atoms with Crippen LogP contribution in [0.4, 0.5) is 5.88 Å². The van der Waals surface area contributed by atoms with Crippen molar-refractivity contribution in [1.29, 1.82) is 0 Å². The van der Waals surface area contributed by atoms with Gasteiger partial charge in [0, 0.05) is 13.2 Å². The summed E-state index contributed by atoms with van der Waals surface area (Å²) in [6.45, 7) is 3.14. The molecule has 0 unspecified atom stereocenters. The van der Waals surface area contributed by atoms with Crippen molar-refractivity contribution in [2.75, 3.05) is 19.8 Å². The molecule has 1 rings (SSSR count). The van der Waals surface area contributed by atoms with Crippen LogP contribution in [0, 0.1) is 10.1 Å². The van der Waals surface area contributed by atoms with Crippen LogP contribution in [0.15, 0.2) is 16.5 Å². The summed E-state index contributed by atoms with van der Waals surface area (Å²) in [6.07, 6.45) is 0. The van der Waals surface area contributed by atoms with Crippen LogP contribution in [-0.2, 0) is 4.74 Å². The average Bonchev–Trinajstić information content (AvgIpc) is 2.73. The number of nitro groups is 1. The van der Waals surface area contributed by atoms with Gasteiger partial charge in [-0.05, 0) is 13.0 Å². The Hall–Kier alpha value is -1.89. The third-order valence-corrected chi connectivity index (χ3v) is 1.73. The van der Waals surface area contributed by atoms with Gasteiger partial charge < -0.3 is 14.5 Å². The lowest BCUT2D eigenvalue weighted by atomic mass is 10.4. The Kier molecular flexibility index (Phi) is 4.46. The van der Waals surface area contributed by atoms with E-state index in [9.17, 15) is 14.9 Å². The summed E-state index contributed by atoms with van der Waals surface area (Å²) in [5.74, 6) is -1.02. The van der Waals surface area contributed by atoms with Gasteiger partial charge in [0.25, 0.3) is 5.91 Å². The Morgan fingerprint density at radius 3 is 2.94 bits per heavy atom. The quantitative estimate of drug-likeness (QED) is 0.444. The van der Waals surface area contributed by atoms with Gasteiger partial charge in [-0.1, -0.05) is 0 Å². The van der Waals surface area contributed by atoms with Crippen LogP contribution < -0.4 is 5.32 Å². The van der Waals surface area contributed by atoms with Crippen molar-refractivity contribution in [2.45, 2.75) is 6.92 Å². The highest BCUT2D eigenvalue weighted by molar-refractivity contribution is 5.91. The zero-order valence-electron chi connectivity index (χ0n) is 8.76. The lowest BCUT2D eigenvalue weighted by molar-refractivity contribution is -0.402. The van der Waals surface area contributed by atoms with Crippen LogP contribution in [0.2, 0.25) is 0 Å². The van der Waals surface area contributed by atoms with Crippen molar-refractivity contribution in [3.05, 3.63) is 28.0 Å². The number of ether oxygens (including phenoxy) is 1. The first-order valence-electron chi connectivity index (χ1n) is 4.75. The second-order valence-corrected chi connectivity index (χ2v) is 2.85. The first-order valence-corrected chi connectivity index (χ1v) is 4.75. The van der Waals surface area contributed by atoms with E-state index in [1.165, 1.54) is 6.07 Å². The fraction of sp³-hybridized carbons (Fsp3) is 0.444. The lowest BCUT2D eigenvalue weighted by Gasteiger charge is -2.02. The molecule has 0 saturated heterocycles.